The molecule has 0 saturated heterocycles. The van der Waals surface area contributed by atoms with Gasteiger partial charge in [-0.1, -0.05) is 59.7 Å². The molecule has 0 unspecified atom stereocenters. The number of hydrogen-bond acceptors (Lipinski definition) is 2. The van der Waals surface area contributed by atoms with Crippen LogP contribution in [-0.4, -0.2) is 14.2 Å². The van der Waals surface area contributed by atoms with Crippen molar-refractivity contribution in [2.75, 3.05) is 14.2 Å². The zero-order chi connectivity index (χ0) is 19.0. The maximum atomic E-state index is 5.76. The summed E-state index contributed by atoms with van der Waals surface area (Å²) in [4.78, 5) is 0. The van der Waals surface area contributed by atoms with E-state index in [0.29, 0.717) is 0 Å². The molecule has 27 heavy (non-hydrogen) atoms. The molecule has 0 aliphatic heterocycles. The fourth-order valence-electron chi connectivity index (χ4n) is 3.82. The molecule has 0 bridgehead atoms. The van der Waals surface area contributed by atoms with E-state index in [4.69, 9.17) is 9.47 Å². The Bertz CT molecular complexity index is 1010. The van der Waals surface area contributed by atoms with Crippen LogP contribution in [0.3, 0.4) is 0 Å². The topological polar surface area (TPSA) is 18.5 Å². The van der Waals surface area contributed by atoms with Crippen molar-refractivity contribution in [1.29, 1.82) is 0 Å². The van der Waals surface area contributed by atoms with Gasteiger partial charge >= 0.3 is 0 Å². The third kappa shape index (κ3) is 3.12. The lowest BCUT2D eigenvalue weighted by atomic mass is 9.93. The third-order valence-electron chi connectivity index (χ3n) is 5.27. The SMILES string of the molecule is COc1cc2c(c(OC)c1)C(c1ccc(C)cc1)=C(c1ccc(C)cc1)C2. The van der Waals surface area contributed by atoms with Crippen LogP contribution in [0.5, 0.6) is 11.5 Å². The van der Waals surface area contributed by atoms with Crippen molar-refractivity contribution in [3.63, 3.8) is 0 Å². The van der Waals surface area contributed by atoms with E-state index >= 15 is 0 Å². The molecule has 1 aliphatic carbocycles. The van der Waals surface area contributed by atoms with Gasteiger partial charge in [0.25, 0.3) is 0 Å². The van der Waals surface area contributed by atoms with Crippen LogP contribution in [-0.2, 0) is 6.42 Å². The highest BCUT2D eigenvalue weighted by Crippen LogP contribution is 2.47. The summed E-state index contributed by atoms with van der Waals surface area (Å²) in [7, 11) is 3.43. The van der Waals surface area contributed by atoms with Gasteiger partial charge in [-0.05, 0) is 54.2 Å². The van der Waals surface area contributed by atoms with E-state index in [1.165, 1.54) is 44.5 Å². The van der Waals surface area contributed by atoms with Gasteiger partial charge in [0.05, 0.1) is 14.2 Å². The summed E-state index contributed by atoms with van der Waals surface area (Å²) in [5, 5.41) is 0. The monoisotopic (exact) mass is 356 g/mol. The second-order valence-corrected chi connectivity index (χ2v) is 7.13. The minimum absolute atomic E-state index is 0.832. The molecular weight excluding hydrogens is 332 g/mol. The Kier molecular flexibility index (Phi) is 4.49. The third-order valence-corrected chi connectivity index (χ3v) is 5.27. The number of aryl methyl sites for hydroxylation is 2. The second kappa shape index (κ2) is 6.96. The van der Waals surface area contributed by atoms with Gasteiger partial charge in [0.2, 0.25) is 0 Å². The predicted molar refractivity (Wildman–Crippen MR) is 112 cm³/mol. The van der Waals surface area contributed by atoms with E-state index in [1.807, 2.05) is 6.07 Å². The van der Waals surface area contributed by atoms with E-state index in [1.54, 1.807) is 14.2 Å². The molecule has 0 heterocycles. The summed E-state index contributed by atoms with van der Waals surface area (Å²) >= 11 is 0. The van der Waals surface area contributed by atoms with Crippen molar-refractivity contribution >= 4 is 11.1 Å². The Morgan fingerprint density at radius 1 is 0.704 bits per heavy atom. The second-order valence-electron chi connectivity index (χ2n) is 7.13. The average Bonchev–Trinajstić information content (AvgIpc) is 3.07. The van der Waals surface area contributed by atoms with Crippen LogP contribution < -0.4 is 9.47 Å². The molecule has 0 spiro atoms. The van der Waals surface area contributed by atoms with Gasteiger partial charge < -0.3 is 9.47 Å². The Hall–Kier alpha value is -3.00. The minimum atomic E-state index is 0.832. The van der Waals surface area contributed by atoms with Crippen LogP contribution in [0, 0.1) is 13.8 Å². The number of methoxy groups -OCH3 is 2. The first-order chi connectivity index (χ1) is 13.1. The normalized spacial score (nSPS) is 12.9. The number of ether oxygens (including phenoxy) is 2. The Balaban J connectivity index is 1.98. The van der Waals surface area contributed by atoms with E-state index in [-0.39, 0.29) is 0 Å². The van der Waals surface area contributed by atoms with Crippen LogP contribution in [0.25, 0.3) is 11.1 Å². The summed E-state index contributed by atoms with van der Waals surface area (Å²) in [5.74, 6) is 1.70. The summed E-state index contributed by atoms with van der Waals surface area (Å²) in [6.45, 7) is 4.24. The van der Waals surface area contributed by atoms with Gasteiger partial charge in [0.1, 0.15) is 11.5 Å². The van der Waals surface area contributed by atoms with Crippen molar-refractivity contribution in [2.45, 2.75) is 20.3 Å². The summed E-state index contributed by atoms with van der Waals surface area (Å²) in [6, 6.07) is 21.6. The van der Waals surface area contributed by atoms with Gasteiger partial charge in [-0.2, -0.15) is 0 Å². The van der Waals surface area contributed by atoms with Crippen molar-refractivity contribution in [3.8, 4) is 11.5 Å². The first-order valence-corrected chi connectivity index (χ1v) is 9.23. The zero-order valence-corrected chi connectivity index (χ0v) is 16.3. The minimum Gasteiger partial charge on any atom is -0.497 e. The predicted octanol–water partition coefficient (Wildman–Crippen LogP) is 5.84. The van der Waals surface area contributed by atoms with Crippen LogP contribution >= 0.6 is 0 Å². The molecule has 0 aromatic heterocycles. The molecule has 0 atom stereocenters. The lowest BCUT2D eigenvalue weighted by molar-refractivity contribution is 0.393. The van der Waals surface area contributed by atoms with Gasteiger partial charge in [-0.15, -0.1) is 0 Å². The highest BCUT2D eigenvalue weighted by Gasteiger charge is 2.28. The Morgan fingerprint density at radius 3 is 1.85 bits per heavy atom. The number of allylic oxidation sites excluding steroid dienone is 1. The Morgan fingerprint density at radius 2 is 1.30 bits per heavy atom. The molecule has 4 rings (SSSR count). The molecule has 0 radical (unpaired) electrons. The zero-order valence-electron chi connectivity index (χ0n) is 16.3. The standard InChI is InChI=1S/C25H24O2/c1-16-5-9-18(10-6-16)22-14-20-13-21(26-3)15-23(27-4)25(20)24(22)19-11-7-17(2)8-12-19/h5-13,15H,14H2,1-4H3. The fourth-order valence-corrected chi connectivity index (χ4v) is 3.82. The largest absolute Gasteiger partial charge is 0.497 e. The molecule has 2 nitrogen and oxygen atoms in total. The molecule has 3 aromatic rings. The van der Waals surface area contributed by atoms with Crippen LogP contribution in [0.4, 0.5) is 0 Å². The van der Waals surface area contributed by atoms with Crippen molar-refractivity contribution < 1.29 is 9.47 Å². The maximum absolute atomic E-state index is 5.76. The van der Waals surface area contributed by atoms with Crippen LogP contribution in [0.15, 0.2) is 60.7 Å². The van der Waals surface area contributed by atoms with E-state index in [9.17, 15) is 0 Å². The lowest BCUT2D eigenvalue weighted by Gasteiger charge is -2.14. The highest BCUT2D eigenvalue weighted by atomic mass is 16.5. The summed E-state index contributed by atoms with van der Waals surface area (Å²) in [5.41, 5.74) is 10.0. The Labute approximate surface area is 161 Å². The molecule has 1 aliphatic rings. The molecule has 3 aromatic carbocycles. The van der Waals surface area contributed by atoms with Crippen LogP contribution in [0.2, 0.25) is 0 Å². The van der Waals surface area contributed by atoms with Gasteiger partial charge in [0.15, 0.2) is 0 Å². The van der Waals surface area contributed by atoms with Gasteiger partial charge in [0, 0.05) is 11.6 Å². The van der Waals surface area contributed by atoms with Gasteiger partial charge in [-0.3, -0.25) is 0 Å². The molecule has 0 saturated carbocycles. The number of rotatable bonds is 4. The van der Waals surface area contributed by atoms with E-state index in [2.05, 4.69) is 68.4 Å². The fraction of sp³-hybridized carbons (Fsp3) is 0.200. The van der Waals surface area contributed by atoms with E-state index in [0.717, 1.165) is 17.9 Å². The number of benzene rings is 3. The van der Waals surface area contributed by atoms with Crippen molar-refractivity contribution in [1.82, 2.24) is 0 Å². The molecule has 136 valence electrons. The number of hydrogen-bond donors (Lipinski definition) is 0. The lowest BCUT2D eigenvalue weighted by Crippen LogP contribution is -1.96. The first-order valence-electron chi connectivity index (χ1n) is 9.23. The molecule has 0 amide bonds. The van der Waals surface area contributed by atoms with E-state index < -0.39 is 0 Å². The molecular formula is C25H24O2. The molecule has 2 heteroatoms. The van der Waals surface area contributed by atoms with Crippen molar-refractivity contribution in [3.05, 3.63) is 94.0 Å². The first kappa shape index (κ1) is 17.4. The summed E-state index contributed by atoms with van der Waals surface area (Å²) in [6.07, 6.45) is 0.870. The maximum Gasteiger partial charge on any atom is 0.130 e. The molecule has 0 fully saturated rings. The smallest absolute Gasteiger partial charge is 0.130 e. The highest BCUT2D eigenvalue weighted by molar-refractivity contribution is 6.05. The number of fused-ring (bicyclic) bond motifs is 1. The van der Waals surface area contributed by atoms with Crippen LogP contribution in [0.1, 0.15) is 33.4 Å². The average molecular weight is 356 g/mol. The van der Waals surface area contributed by atoms with Gasteiger partial charge in [-0.25, -0.2) is 0 Å². The molecule has 0 N–H and O–H groups in total. The quantitative estimate of drug-likeness (QED) is 0.585. The summed E-state index contributed by atoms with van der Waals surface area (Å²) < 4.78 is 11.3. The van der Waals surface area contributed by atoms with Crippen molar-refractivity contribution in [2.24, 2.45) is 0 Å².